The van der Waals surface area contributed by atoms with Gasteiger partial charge in [0.15, 0.2) is 6.10 Å². The van der Waals surface area contributed by atoms with Gasteiger partial charge < -0.3 is 19.1 Å². The summed E-state index contributed by atoms with van der Waals surface area (Å²) in [5, 5.41) is 0. The van der Waals surface area contributed by atoms with Gasteiger partial charge in [-0.2, -0.15) is 0 Å². The highest BCUT2D eigenvalue weighted by atomic mass is 16.8. The smallest absolute Gasteiger partial charge is 0.337 e. The van der Waals surface area contributed by atoms with Crippen LogP contribution in [0.15, 0.2) is 60.7 Å². The molecule has 1 amide bonds. The first kappa shape index (κ1) is 17.7. The molecule has 6 heteroatoms. The SMILES string of the molecule is COC(=O)[C@@H]1O[C@H]2O[C@H]1[C@H](Cc1ccccc1)N(Cc1ccccc1)C2=O. The van der Waals surface area contributed by atoms with E-state index in [4.69, 9.17) is 14.2 Å². The van der Waals surface area contributed by atoms with Crippen LogP contribution in [0.25, 0.3) is 0 Å². The number of ether oxygens (including phenoxy) is 3. The van der Waals surface area contributed by atoms with Crippen LogP contribution >= 0.6 is 0 Å². The number of rotatable bonds is 5. The van der Waals surface area contributed by atoms with Gasteiger partial charge in [0.2, 0.25) is 6.29 Å². The number of carbonyl (C=O) groups excluding carboxylic acids is 2. The van der Waals surface area contributed by atoms with Gasteiger partial charge in [0, 0.05) is 6.54 Å². The van der Waals surface area contributed by atoms with E-state index in [1.54, 1.807) is 4.90 Å². The van der Waals surface area contributed by atoms with Gasteiger partial charge in [0.25, 0.3) is 5.91 Å². The number of amides is 1. The maximum absolute atomic E-state index is 13.0. The molecule has 27 heavy (non-hydrogen) atoms. The molecule has 2 bridgehead atoms. The molecule has 0 N–H and O–H groups in total. The highest BCUT2D eigenvalue weighted by Crippen LogP contribution is 2.34. The molecular formula is C21H21NO5. The number of carbonyl (C=O) groups is 2. The van der Waals surface area contributed by atoms with Crippen LogP contribution in [0.4, 0.5) is 0 Å². The van der Waals surface area contributed by atoms with Crippen LogP contribution in [0.2, 0.25) is 0 Å². The van der Waals surface area contributed by atoms with E-state index in [1.165, 1.54) is 7.11 Å². The Labute approximate surface area is 157 Å². The zero-order chi connectivity index (χ0) is 18.8. The van der Waals surface area contributed by atoms with Crippen molar-refractivity contribution in [3.63, 3.8) is 0 Å². The number of fused-ring (bicyclic) bond motifs is 2. The number of esters is 1. The summed E-state index contributed by atoms with van der Waals surface area (Å²) in [6, 6.07) is 19.3. The third kappa shape index (κ3) is 3.46. The normalized spacial score (nSPS) is 26.9. The summed E-state index contributed by atoms with van der Waals surface area (Å²) >= 11 is 0. The Bertz CT molecular complexity index is 810. The zero-order valence-corrected chi connectivity index (χ0v) is 15.0. The predicted octanol–water partition coefficient (Wildman–Crippen LogP) is 1.92. The molecule has 0 radical (unpaired) electrons. The molecule has 140 valence electrons. The Kier molecular flexibility index (Phi) is 4.92. The summed E-state index contributed by atoms with van der Waals surface area (Å²) in [7, 11) is 1.31. The van der Waals surface area contributed by atoms with Crippen molar-refractivity contribution < 1.29 is 23.8 Å². The first-order chi connectivity index (χ1) is 13.2. The average molecular weight is 367 g/mol. The van der Waals surface area contributed by atoms with E-state index in [0.29, 0.717) is 13.0 Å². The van der Waals surface area contributed by atoms with Crippen molar-refractivity contribution in [2.45, 2.75) is 37.5 Å². The molecule has 6 nitrogen and oxygen atoms in total. The van der Waals surface area contributed by atoms with E-state index in [-0.39, 0.29) is 11.9 Å². The molecule has 0 spiro atoms. The average Bonchev–Trinajstić information content (AvgIpc) is 3.12. The van der Waals surface area contributed by atoms with Gasteiger partial charge in [-0.3, -0.25) is 4.79 Å². The van der Waals surface area contributed by atoms with Crippen LogP contribution < -0.4 is 0 Å². The van der Waals surface area contributed by atoms with E-state index >= 15 is 0 Å². The maximum Gasteiger partial charge on any atom is 0.337 e. The van der Waals surface area contributed by atoms with E-state index in [9.17, 15) is 9.59 Å². The zero-order valence-electron chi connectivity index (χ0n) is 15.0. The van der Waals surface area contributed by atoms with Gasteiger partial charge in [-0.25, -0.2) is 4.79 Å². The van der Waals surface area contributed by atoms with Crippen molar-refractivity contribution in [3.8, 4) is 0 Å². The van der Waals surface area contributed by atoms with Crippen molar-refractivity contribution in [2.75, 3.05) is 7.11 Å². The summed E-state index contributed by atoms with van der Waals surface area (Å²) in [5.41, 5.74) is 2.07. The van der Waals surface area contributed by atoms with Gasteiger partial charge in [0.1, 0.15) is 6.10 Å². The summed E-state index contributed by atoms with van der Waals surface area (Å²) < 4.78 is 16.2. The quantitative estimate of drug-likeness (QED) is 0.756. The Morgan fingerprint density at radius 2 is 1.63 bits per heavy atom. The molecular weight excluding hydrogens is 346 g/mol. The number of methoxy groups -OCH3 is 1. The fourth-order valence-electron chi connectivity index (χ4n) is 3.70. The maximum atomic E-state index is 13.0. The van der Waals surface area contributed by atoms with E-state index in [0.717, 1.165) is 11.1 Å². The van der Waals surface area contributed by atoms with Gasteiger partial charge in [-0.15, -0.1) is 0 Å². The number of nitrogens with zero attached hydrogens (tertiary/aromatic N) is 1. The van der Waals surface area contributed by atoms with Gasteiger partial charge in [-0.1, -0.05) is 60.7 Å². The lowest BCUT2D eigenvalue weighted by atomic mass is 9.95. The molecule has 2 aliphatic heterocycles. The number of hydrogen-bond acceptors (Lipinski definition) is 5. The lowest BCUT2D eigenvalue weighted by Gasteiger charge is -2.39. The van der Waals surface area contributed by atoms with Crippen LogP contribution in [0.3, 0.4) is 0 Å². The topological polar surface area (TPSA) is 65.1 Å². The van der Waals surface area contributed by atoms with Crippen molar-refractivity contribution in [2.24, 2.45) is 0 Å². The minimum Gasteiger partial charge on any atom is -0.467 e. The van der Waals surface area contributed by atoms with Crippen molar-refractivity contribution in [1.82, 2.24) is 4.90 Å². The summed E-state index contributed by atoms with van der Waals surface area (Å²) in [6.07, 6.45) is -1.97. The highest BCUT2D eigenvalue weighted by Gasteiger charge is 2.55. The third-order valence-corrected chi connectivity index (χ3v) is 5.03. The first-order valence-corrected chi connectivity index (χ1v) is 8.94. The third-order valence-electron chi connectivity index (χ3n) is 5.03. The Balaban J connectivity index is 1.66. The molecule has 2 heterocycles. The Hall–Kier alpha value is -2.70. The molecule has 0 saturated carbocycles. The minimum absolute atomic E-state index is 0.262. The molecule has 0 aliphatic carbocycles. The second-order valence-corrected chi connectivity index (χ2v) is 6.72. The van der Waals surface area contributed by atoms with Crippen molar-refractivity contribution in [1.29, 1.82) is 0 Å². The number of benzene rings is 2. The number of hydrogen-bond donors (Lipinski definition) is 0. The van der Waals surface area contributed by atoms with E-state index < -0.39 is 24.5 Å². The van der Waals surface area contributed by atoms with Gasteiger partial charge >= 0.3 is 5.97 Å². The summed E-state index contributed by atoms with van der Waals surface area (Å²) in [4.78, 5) is 26.9. The van der Waals surface area contributed by atoms with E-state index in [1.807, 2.05) is 60.7 Å². The first-order valence-electron chi connectivity index (χ1n) is 8.94. The fraction of sp³-hybridized carbons (Fsp3) is 0.333. The van der Waals surface area contributed by atoms with Gasteiger partial charge in [-0.05, 0) is 17.5 Å². The fourth-order valence-corrected chi connectivity index (χ4v) is 3.70. The predicted molar refractivity (Wildman–Crippen MR) is 96.5 cm³/mol. The molecule has 2 aromatic rings. The lowest BCUT2D eigenvalue weighted by Crippen LogP contribution is -2.57. The second kappa shape index (κ2) is 7.50. The lowest BCUT2D eigenvalue weighted by molar-refractivity contribution is -0.179. The molecule has 4 rings (SSSR count). The van der Waals surface area contributed by atoms with Crippen LogP contribution in [-0.2, 0) is 36.8 Å². The molecule has 2 aliphatic rings. The van der Waals surface area contributed by atoms with Crippen LogP contribution in [0.1, 0.15) is 11.1 Å². The molecule has 2 fully saturated rings. The largest absolute Gasteiger partial charge is 0.467 e. The van der Waals surface area contributed by atoms with Crippen molar-refractivity contribution in [3.05, 3.63) is 71.8 Å². The Morgan fingerprint density at radius 3 is 2.26 bits per heavy atom. The van der Waals surface area contributed by atoms with Crippen molar-refractivity contribution >= 4 is 11.9 Å². The molecule has 4 atom stereocenters. The van der Waals surface area contributed by atoms with Crippen LogP contribution in [-0.4, -0.2) is 48.4 Å². The van der Waals surface area contributed by atoms with Gasteiger partial charge in [0.05, 0.1) is 13.2 Å². The second-order valence-electron chi connectivity index (χ2n) is 6.72. The molecule has 0 aromatic heterocycles. The van der Waals surface area contributed by atoms with E-state index in [2.05, 4.69) is 0 Å². The standard InChI is InChI=1S/C21H21NO5/c1-25-20(24)18-17-16(12-14-8-4-2-5-9-14)22(19(23)21(26-17)27-18)13-15-10-6-3-7-11-15/h2-11,16-18,21H,12-13H2,1H3/t16-,17-,18+,21+/m0/s1. The molecule has 2 aromatic carbocycles. The highest BCUT2D eigenvalue weighted by molar-refractivity contribution is 5.84. The van der Waals surface area contributed by atoms with Crippen LogP contribution in [0, 0.1) is 0 Å². The monoisotopic (exact) mass is 367 g/mol. The minimum atomic E-state index is -1.06. The molecule has 2 saturated heterocycles. The number of morpholine rings is 1. The molecule has 0 unspecified atom stereocenters. The van der Waals surface area contributed by atoms with Crippen LogP contribution in [0.5, 0.6) is 0 Å². The summed E-state index contributed by atoms with van der Waals surface area (Å²) in [5.74, 6) is -0.780. The Morgan fingerprint density at radius 1 is 1.00 bits per heavy atom. The summed E-state index contributed by atoms with van der Waals surface area (Å²) in [6.45, 7) is 0.435.